The second-order valence-electron chi connectivity index (χ2n) is 3.86. The smallest absolute Gasteiger partial charge is 0.379 e. The van der Waals surface area contributed by atoms with Crippen LogP contribution in [0.2, 0.25) is 0 Å². The largest absolute Gasteiger partial charge is 0.507 e. The van der Waals surface area contributed by atoms with Crippen molar-refractivity contribution in [2.24, 2.45) is 0 Å². The van der Waals surface area contributed by atoms with Crippen LogP contribution in [0.25, 0.3) is 5.76 Å². The van der Waals surface area contributed by atoms with E-state index in [1.54, 1.807) is 19.1 Å². The van der Waals surface area contributed by atoms with Crippen LogP contribution in [-0.2, 0) is 14.3 Å². The van der Waals surface area contributed by atoms with Gasteiger partial charge in [0.1, 0.15) is 5.76 Å². The van der Waals surface area contributed by atoms with Gasteiger partial charge in [-0.15, -0.1) is 0 Å². The van der Waals surface area contributed by atoms with E-state index in [0.717, 1.165) is 11.6 Å². The number of ether oxygens (including phenoxy) is 1. The van der Waals surface area contributed by atoms with E-state index in [1.807, 2.05) is 19.1 Å². The van der Waals surface area contributed by atoms with Gasteiger partial charge in [-0.3, -0.25) is 4.79 Å². The number of rotatable bonds is 5. The van der Waals surface area contributed by atoms with Gasteiger partial charge in [0.25, 0.3) is 5.78 Å². The molecule has 0 heterocycles. The lowest BCUT2D eigenvalue weighted by atomic mass is 10.1. The molecule has 100 valence electrons. The van der Waals surface area contributed by atoms with E-state index in [1.165, 1.54) is 12.2 Å². The quantitative estimate of drug-likeness (QED) is 0.290. The van der Waals surface area contributed by atoms with Gasteiger partial charge < -0.3 is 9.84 Å². The molecule has 1 aromatic carbocycles. The number of benzene rings is 1. The summed E-state index contributed by atoms with van der Waals surface area (Å²) in [6, 6.07) is 7.27. The number of allylic oxidation sites excluding steroid dienone is 2. The maximum Gasteiger partial charge on any atom is 0.379 e. The maximum absolute atomic E-state index is 11.2. The number of hydrogen-bond acceptors (Lipinski definition) is 4. The average Bonchev–Trinajstić information content (AvgIpc) is 2.39. The molecule has 0 aliphatic rings. The molecule has 1 N–H and O–H groups in total. The van der Waals surface area contributed by atoms with Gasteiger partial charge in [-0.05, 0) is 26.0 Å². The van der Waals surface area contributed by atoms with Crippen LogP contribution in [0.15, 0.2) is 42.5 Å². The Morgan fingerprint density at radius 3 is 2.47 bits per heavy atom. The summed E-state index contributed by atoms with van der Waals surface area (Å²) in [7, 11) is 0. The fourth-order valence-electron chi connectivity index (χ4n) is 1.32. The molecule has 0 radical (unpaired) electrons. The molecular weight excluding hydrogens is 244 g/mol. The van der Waals surface area contributed by atoms with E-state index >= 15 is 0 Å². The van der Waals surface area contributed by atoms with E-state index in [2.05, 4.69) is 4.74 Å². The van der Waals surface area contributed by atoms with E-state index in [-0.39, 0.29) is 12.4 Å². The Kier molecular flexibility index (Phi) is 5.54. The number of aryl methyl sites for hydroxylation is 1. The molecular formula is C15H16O4. The first-order chi connectivity index (χ1) is 9.04. The third-order valence-electron chi connectivity index (χ3n) is 2.33. The van der Waals surface area contributed by atoms with Crippen molar-refractivity contribution < 1.29 is 19.4 Å². The summed E-state index contributed by atoms with van der Waals surface area (Å²) in [5.74, 6) is -1.63. The molecule has 0 saturated heterocycles. The highest BCUT2D eigenvalue weighted by Crippen LogP contribution is 2.12. The molecule has 0 fully saturated rings. The molecule has 0 saturated carbocycles. The van der Waals surface area contributed by atoms with Crippen molar-refractivity contribution in [1.82, 2.24) is 0 Å². The fourth-order valence-corrected chi connectivity index (χ4v) is 1.32. The zero-order valence-electron chi connectivity index (χ0n) is 10.9. The molecule has 0 amide bonds. The normalized spacial score (nSPS) is 11.6. The minimum atomic E-state index is -0.901. The monoisotopic (exact) mass is 260 g/mol. The van der Waals surface area contributed by atoms with Crippen LogP contribution in [0.4, 0.5) is 0 Å². The number of aliphatic hydroxyl groups excluding tert-OH is 1. The molecule has 1 rings (SSSR count). The number of carbonyl (C=O) groups excluding carboxylic acids is 2. The number of hydrogen-bond donors (Lipinski definition) is 1. The summed E-state index contributed by atoms with van der Waals surface area (Å²) in [4.78, 5) is 22.2. The predicted octanol–water partition coefficient (Wildman–Crippen LogP) is 2.58. The summed E-state index contributed by atoms with van der Waals surface area (Å²) in [5, 5.41) is 9.75. The third kappa shape index (κ3) is 4.79. The molecule has 19 heavy (non-hydrogen) atoms. The van der Waals surface area contributed by atoms with Gasteiger partial charge in [0, 0.05) is 5.56 Å². The van der Waals surface area contributed by atoms with Gasteiger partial charge in [-0.1, -0.05) is 35.9 Å². The standard InChI is InChI=1S/C15H16O4/c1-3-19-15(18)14(17)6-4-5-13(16)12-9-7-11(2)8-10-12/h4-10,16H,3H2,1-2H3. The average molecular weight is 260 g/mol. The predicted molar refractivity (Wildman–Crippen MR) is 72.6 cm³/mol. The second kappa shape index (κ2) is 7.16. The van der Waals surface area contributed by atoms with Gasteiger partial charge in [0.05, 0.1) is 6.61 Å². The van der Waals surface area contributed by atoms with E-state index < -0.39 is 11.8 Å². The Morgan fingerprint density at radius 1 is 1.26 bits per heavy atom. The lowest BCUT2D eigenvalue weighted by Crippen LogP contribution is -2.14. The Balaban J connectivity index is 2.68. The Morgan fingerprint density at radius 2 is 1.89 bits per heavy atom. The number of ketones is 1. The van der Waals surface area contributed by atoms with Crippen LogP contribution in [0.1, 0.15) is 18.1 Å². The molecule has 0 aliphatic heterocycles. The number of esters is 1. The topological polar surface area (TPSA) is 63.6 Å². The van der Waals surface area contributed by atoms with Gasteiger partial charge in [0.15, 0.2) is 0 Å². The Labute approximate surface area is 112 Å². The highest BCUT2D eigenvalue weighted by molar-refractivity contribution is 6.38. The first-order valence-corrected chi connectivity index (χ1v) is 5.90. The van der Waals surface area contributed by atoms with Crippen LogP contribution in [0, 0.1) is 6.92 Å². The number of carbonyl (C=O) groups is 2. The van der Waals surface area contributed by atoms with E-state index in [4.69, 9.17) is 0 Å². The number of aliphatic hydroxyl groups is 1. The SMILES string of the molecule is CCOC(=O)C(=O)C=CC=C(O)c1ccc(C)cc1. The van der Waals surface area contributed by atoms with Crippen molar-refractivity contribution in [2.45, 2.75) is 13.8 Å². The minimum Gasteiger partial charge on any atom is -0.507 e. The van der Waals surface area contributed by atoms with Crippen LogP contribution < -0.4 is 0 Å². The summed E-state index contributed by atoms with van der Waals surface area (Å²) in [5.41, 5.74) is 1.73. The molecule has 0 unspecified atom stereocenters. The van der Waals surface area contributed by atoms with E-state index in [0.29, 0.717) is 5.56 Å². The zero-order valence-corrected chi connectivity index (χ0v) is 10.9. The lowest BCUT2D eigenvalue weighted by molar-refractivity contribution is -0.151. The Bertz CT molecular complexity index is 509. The van der Waals surface area contributed by atoms with Gasteiger partial charge in [-0.2, -0.15) is 0 Å². The summed E-state index contributed by atoms with van der Waals surface area (Å²) < 4.78 is 4.54. The van der Waals surface area contributed by atoms with Crippen molar-refractivity contribution in [3.63, 3.8) is 0 Å². The van der Waals surface area contributed by atoms with Crippen LogP contribution >= 0.6 is 0 Å². The van der Waals surface area contributed by atoms with Crippen molar-refractivity contribution in [3.8, 4) is 0 Å². The molecule has 0 aromatic heterocycles. The molecule has 0 bridgehead atoms. The summed E-state index contributed by atoms with van der Waals surface area (Å²) in [6.45, 7) is 3.73. The maximum atomic E-state index is 11.2. The molecule has 4 heteroatoms. The minimum absolute atomic E-state index is 0.0212. The van der Waals surface area contributed by atoms with Crippen molar-refractivity contribution in [1.29, 1.82) is 0 Å². The summed E-state index contributed by atoms with van der Waals surface area (Å²) >= 11 is 0. The van der Waals surface area contributed by atoms with Crippen molar-refractivity contribution in [3.05, 3.63) is 53.6 Å². The van der Waals surface area contributed by atoms with Crippen molar-refractivity contribution in [2.75, 3.05) is 6.61 Å². The Hall–Kier alpha value is -2.36. The lowest BCUT2D eigenvalue weighted by Gasteiger charge is -1.99. The molecule has 0 aliphatic carbocycles. The first-order valence-electron chi connectivity index (χ1n) is 5.90. The third-order valence-corrected chi connectivity index (χ3v) is 2.33. The molecule has 4 nitrogen and oxygen atoms in total. The zero-order chi connectivity index (χ0) is 14.3. The highest BCUT2D eigenvalue weighted by atomic mass is 16.5. The van der Waals surface area contributed by atoms with Crippen LogP contribution in [-0.4, -0.2) is 23.5 Å². The molecule has 1 aromatic rings. The van der Waals surface area contributed by atoms with Gasteiger partial charge in [0.2, 0.25) is 0 Å². The van der Waals surface area contributed by atoms with Gasteiger partial charge >= 0.3 is 5.97 Å². The summed E-state index contributed by atoms with van der Waals surface area (Å²) in [6.07, 6.45) is 3.72. The van der Waals surface area contributed by atoms with Crippen LogP contribution in [0.3, 0.4) is 0 Å². The first kappa shape index (κ1) is 14.7. The highest BCUT2D eigenvalue weighted by Gasteiger charge is 2.09. The molecule has 0 spiro atoms. The van der Waals surface area contributed by atoms with Crippen LogP contribution in [0.5, 0.6) is 0 Å². The second-order valence-corrected chi connectivity index (χ2v) is 3.86. The van der Waals surface area contributed by atoms with Gasteiger partial charge in [-0.25, -0.2) is 4.79 Å². The fraction of sp³-hybridized carbons (Fsp3) is 0.200. The van der Waals surface area contributed by atoms with E-state index in [9.17, 15) is 14.7 Å². The van der Waals surface area contributed by atoms with Crippen molar-refractivity contribution >= 4 is 17.5 Å². The molecule has 0 atom stereocenters.